The van der Waals surface area contributed by atoms with Crippen molar-refractivity contribution in [1.29, 1.82) is 0 Å². The molecule has 0 aromatic heterocycles. The van der Waals surface area contributed by atoms with Gasteiger partial charge in [-0.25, -0.2) is 0 Å². The third-order valence-corrected chi connectivity index (χ3v) is 11.2. The molecule has 1 aliphatic carbocycles. The van der Waals surface area contributed by atoms with E-state index in [1.165, 1.54) is 27.7 Å². The second-order valence-electron chi connectivity index (χ2n) is 12.7. The van der Waals surface area contributed by atoms with E-state index in [1.807, 2.05) is 60.7 Å². The van der Waals surface area contributed by atoms with Crippen LogP contribution in [0.3, 0.4) is 0 Å². The van der Waals surface area contributed by atoms with Gasteiger partial charge in [-0.2, -0.15) is 0 Å². The van der Waals surface area contributed by atoms with Crippen LogP contribution in [0.15, 0.2) is 154 Å². The molecule has 6 aromatic rings. The zero-order chi connectivity index (χ0) is 38.0. The monoisotopic (exact) mass is 735 g/mol. The van der Waals surface area contributed by atoms with Gasteiger partial charge in [-0.1, -0.05) is 54.6 Å². The van der Waals surface area contributed by atoms with Gasteiger partial charge in [0.2, 0.25) is 0 Å². The highest BCUT2D eigenvalue weighted by Gasteiger charge is 2.47. The molecule has 0 spiro atoms. The van der Waals surface area contributed by atoms with Gasteiger partial charge < -0.3 is 18.9 Å². The molecule has 6 aromatic carbocycles. The van der Waals surface area contributed by atoms with Crippen LogP contribution >= 0.6 is 0 Å². The Balaban J connectivity index is 1.43. The fourth-order valence-corrected chi connectivity index (χ4v) is 9.16. The smallest absolute Gasteiger partial charge is 0.308 e. The zero-order valence-corrected chi connectivity index (χ0v) is 30.8. The van der Waals surface area contributed by atoms with Gasteiger partial charge in [0.15, 0.2) is 14.7 Å². The molecule has 0 saturated carbocycles. The van der Waals surface area contributed by atoms with Crippen LogP contribution in [0.4, 0.5) is 0 Å². The number of hydrogen-bond donors (Lipinski definition) is 0. The highest BCUT2D eigenvalue weighted by molar-refractivity contribution is 7.97. The molecule has 7 rings (SSSR count). The summed E-state index contributed by atoms with van der Waals surface area (Å²) in [6.45, 7) is 5.48. The molecule has 8 nitrogen and oxygen atoms in total. The van der Waals surface area contributed by atoms with Crippen molar-refractivity contribution in [2.24, 2.45) is 0 Å². The molecule has 0 bridgehead atoms. The van der Waals surface area contributed by atoms with Gasteiger partial charge in [0.25, 0.3) is 0 Å². The minimum absolute atomic E-state index is 0.398. The van der Waals surface area contributed by atoms with Gasteiger partial charge in [-0.15, -0.1) is 0 Å². The van der Waals surface area contributed by atoms with Crippen molar-refractivity contribution in [2.75, 3.05) is 0 Å². The number of ether oxygens (including phenoxy) is 4. The molecule has 0 fully saturated rings. The van der Waals surface area contributed by atoms with Crippen molar-refractivity contribution in [1.82, 2.24) is 0 Å². The maximum Gasteiger partial charge on any atom is 0.308 e. The number of benzene rings is 6. The van der Waals surface area contributed by atoms with Crippen LogP contribution in [-0.2, 0) is 35.5 Å². The number of hydrogen-bond acceptors (Lipinski definition) is 8. The Hall–Kier alpha value is -6.45. The van der Waals surface area contributed by atoms with Crippen LogP contribution in [0, 0.1) is 0 Å². The first-order chi connectivity index (χ1) is 26.0. The molecule has 0 aliphatic heterocycles. The topological polar surface area (TPSA) is 105 Å². The fraction of sp³-hybridized carbons (Fsp3) is 0.111. The summed E-state index contributed by atoms with van der Waals surface area (Å²) >= 11 is 0. The van der Waals surface area contributed by atoms with Crippen LogP contribution in [0.25, 0.3) is 11.1 Å². The molecule has 9 heteroatoms. The number of esters is 4. The Morgan fingerprint density at radius 3 is 1.17 bits per heavy atom. The van der Waals surface area contributed by atoms with Crippen molar-refractivity contribution in [2.45, 2.75) is 47.8 Å². The van der Waals surface area contributed by atoms with E-state index in [2.05, 4.69) is 30.3 Å². The molecule has 268 valence electrons. The molecule has 0 saturated heterocycles. The third kappa shape index (κ3) is 7.01. The summed E-state index contributed by atoms with van der Waals surface area (Å²) in [5.74, 6) is 0.185. The van der Waals surface area contributed by atoms with E-state index in [-0.39, 0.29) is 0 Å². The Kier molecular flexibility index (Phi) is 9.90. The van der Waals surface area contributed by atoms with E-state index in [9.17, 15) is 19.2 Å². The summed E-state index contributed by atoms with van der Waals surface area (Å²) in [4.78, 5) is 49.9. The van der Waals surface area contributed by atoms with E-state index < -0.39 is 40.2 Å². The van der Waals surface area contributed by atoms with Crippen LogP contribution < -0.4 is 18.9 Å². The van der Waals surface area contributed by atoms with Gasteiger partial charge in [0.1, 0.15) is 23.0 Å². The van der Waals surface area contributed by atoms with Crippen LogP contribution in [0.1, 0.15) is 49.9 Å². The van der Waals surface area contributed by atoms with E-state index in [0.29, 0.717) is 23.0 Å². The minimum Gasteiger partial charge on any atom is -0.427 e. The minimum atomic E-state index is -0.788. The van der Waals surface area contributed by atoms with Crippen LogP contribution in [0.2, 0.25) is 0 Å². The lowest BCUT2D eigenvalue weighted by atomic mass is 9.68. The lowest BCUT2D eigenvalue weighted by molar-refractivity contribution is -0.132. The summed E-state index contributed by atoms with van der Waals surface area (Å²) in [6, 6.07) is 45.0. The molecule has 54 heavy (non-hydrogen) atoms. The second-order valence-corrected chi connectivity index (χ2v) is 14.7. The zero-order valence-electron chi connectivity index (χ0n) is 30.0. The van der Waals surface area contributed by atoms with Crippen molar-refractivity contribution in [3.63, 3.8) is 0 Å². The van der Waals surface area contributed by atoms with E-state index in [4.69, 9.17) is 18.9 Å². The lowest BCUT2D eigenvalue weighted by Gasteiger charge is -2.34. The lowest BCUT2D eigenvalue weighted by Crippen LogP contribution is -2.28. The Labute approximate surface area is 315 Å². The Morgan fingerprint density at radius 1 is 0.407 bits per heavy atom. The predicted molar refractivity (Wildman–Crippen MR) is 204 cm³/mol. The molecule has 0 heterocycles. The summed E-state index contributed by atoms with van der Waals surface area (Å²) < 4.78 is 21.5. The number of carbonyl (C=O) groups is 4. The van der Waals surface area contributed by atoms with Crippen molar-refractivity contribution < 1.29 is 38.1 Å². The normalized spacial score (nSPS) is 12.3. The first-order valence-corrected chi connectivity index (χ1v) is 18.4. The van der Waals surface area contributed by atoms with Crippen molar-refractivity contribution in [3.8, 4) is 34.1 Å². The number of rotatable bonds is 9. The van der Waals surface area contributed by atoms with Gasteiger partial charge in [0, 0.05) is 33.8 Å². The standard InChI is InChI=1S/C45H35O8S/c1-28(46)50-34-13-9-32(10-14-34)45(33-11-15-35(16-12-33)51-29(2)47)43-8-6-5-7-41(43)42-27-40(25-26-44(42)45)54(38-21-17-36(18-22-38)52-30(3)48)39-23-19-37(20-24-39)53-31(4)49/h5-27H,1-4H3/q+1. The fourth-order valence-electron chi connectivity index (χ4n) is 7.08. The first-order valence-electron chi connectivity index (χ1n) is 17.2. The number of fused-ring (bicyclic) bond motifs is 3. The highest BCUT2D eigenvalue weighted by Crippen LogP contribution is 2.57. The van der Waals surface area contributed by atoms with E-state index in [1.54, 1.807) is 48.5 Å². The average molecular weight is 736 g/mol. The Morgan fingerprint density at radius 2 is 0.759 bits per heavy atom. The molecular formula is C45H35O8S+. The highest BCUT2D eigenvalue weighted by atomic mass is 32.2. The summed E-state index contributed by atoms with van der Waals surface area (Å²) in [6.07, 6.45) is 0. The largest absolute Gasteiger partial charge is 0.427 e. The number of carbonyl (C=O) groups excluding carboxylic acids is 4. The van der Waals surface area contributed by atoms with E-state index >= 15 is 0 Å². The van der Waals surface area contributed by atoms with Crippen LogP contribution in [0.5, 0.6) is 23.0 Å². The predicted octanol–water partition coefficient (Wildman–Crippen LogP) is 8.85. The van der Waals surface area contributed by atoms with Gasteiger partial charge in [-0.05, 0) is 112 Å². The SMILES string of the molecule is CC(=O)Oc1ccc([S+](c2ccc(OC(C)=O)cc2)c2ccc3c(c2)-c2ccccc2C3(c2ccc(OC(C)=O)cc2)c2ccc(OC(C)=O)cc2)cc1. The Bertz CT molecular complexity index is 2260. The molecule has 0 radical (unpaired) electrons. The first kappa shape index (κ1) is 35.9. The molecule has 1 aliphatic rings. The van der Waals surface area contributed by atoms with Crippen molar-refractivity contribution in [3.05, 3.63) is 162 Å². The van der Waals surface area contributed by atoms with Gasteiger partial charge in [-0.3, -0.25) is 19.2 Å². The van der Waals surface area contributed by atoms with Gasteiger partial charge >= 0.3 is 23.9 Å². The van der Waals surface area contributed by atoms with Crippen LogP contribution in [-0.4, -0.2) is 23.9 Å². The average Bonchev–Trinajstić information content (AvgIpc) is 3.43. The summed E-state index contributed by atoms with van der Waals surface area (Å²) in [5.41, 5.74) is 5.34. The van der Waals surface area contributed by atoms with Crippen molar-refractivity contribution >= 4 is 34.8 Å². The maximum atomic E-state index is 11.8. The molecule has 0 N–H and O–H groups in total. The quantitative estimate of drug-likeness (QED) is 0.0823. The van der Waals surface area contributed by atoms with Gasteiger partial charge in [0.05, 0.1) is 16.3 Å². The molecule has 0 atom stereocenters. The molecule has 0 amide bonds. The summed E-state index contributed by atoms with van der Waals surface area (Å²) in [7, 11) is -0.635. The molecular weight excluding hydrogens is 701 g/mol. The second kappa shape index (κ2) is 14.9. The molecule has 0 unspecified atom stereocenters. The van der Waals surface area contributed by atoms with E-state index in [0.717, 1.165) is 48.1 Å². The third-order valence-electron chi connectivity index (χ3n) is 8.99. The summed E-state index contributed by atoms with van der Waals surface area (Å²) in [5, 5.41) is 0. The maximum absolute atomic E-state index is 11.8.